The zero-order valence-corrected chi connectivity index (χ0v) is 12.5. The highest BCUT2D eigenvalue weighted by Crippen LogP contribution is 2.26. The summed E-state index contributed by atoms with van der Waals surface area (Å²) < 4.78 is 1.95. The Bertz CT molecular complexity index is 610. The van der Waals surface area contributed by atoms with Gasteiger partial charge in [0.1, 0.15) is 6.04 Å². The first-order valence-corrected chi connectivity index (χ1v) is 6.74. The lowest BCUT2D eigenvalue weighted by Gasteiger charge is -2.24. The SMILES string of the molecule is CC(C(=O)NC(C)(C)C)n1ccc2c(Cl)cccc21. The molecule has 0 aliphatic carbocycles. The van der Waals surface area contributed by atoms with E-state index in [-0.39, 0.29) is 17.5 Å². The van der Waals surface area contributed by atoms with Crippen molar-refractivity contribution in [2.75, 3.05) is 0 Å². The van der Waals surface area contributed by atoms with Gasteiger partial charge in [-0.05, 0) is 45.9 Å². The number of amides is 1. The summed E-state index contributed by atoms with van der Waals surface area (Å²) in [6.07, 6.45) is 1.91. The maximum atomic E-state index is 12.2. The van der Waals surface area contributed by atoms with Crippen molar-refractivity contribution in [1.82, 2.24) is 9.88 Å². The monoisotopic (exact) mass is 278 g/mol. The molecule has 2 rings (SSSR count). The van der Waals surface area contributed by atoms with Crippen LogP contribution in [-0.4, -0.2) is 16.0 Å². The van der Waals surface area contributed by atoms with E-state index in [0.29, 0.717) is 5.02 Å². The number of halogens is 1. The smallest absolute Gasteiger partial charge is 0.243 e. The van der Waals surface area contributed by atoms with Gasteiger partial charge in [-0.3, -0.25) is 4.79 Å². The lowest BCUT2D eigenvalue weighted by molar-refractivity contribution is -0.125. The first-order valence-electron chi connectivity index (χ1n) is 6.37. The second-order valence-electron chi connectivity index (χ2n) is 5.81. The number of hydrogen-bond acceptors (Lipinski definition) is 1. The van der Waals surface area contributed by atoms with Gasteiger partial charge < -0.3 is 9.88 Å². The van der Waals surface area contributed by atoms with Gasteiger partial charge in [-0.15, -0.1) is 0 Å². The molecule has 4 heteroatoms. The molecule has 1 heterocycles. The molecule has 0 bridgehead atoms. The van der Waals surface area contributed by atoms with E-state index in [1.165, 1.54) is 0 Å². The molecule has 1 unspecified atom stereocenters. The van der Waals surface area contributed by atoms with Crippen LogP contribution in [0, 0.1) is 0 Å². The zero-order chi connectivity index (χ0) is 14.2. The van der Waals surface area contributed by atoms with Gasteiger partial charge in [0.05, 0.1) is 5.52 Å². The van der Waals surface area contributed by atoms with Crippen molar-refractivity contribution < 1.29 is 4.79 Å². The summed E-state index contributed by atoms with van der Waals surface area (Å²) in [5, 5.41) is 4.67. The fourth-order valence-corrected chi connectivity index (χ4v) is 2.32. The van der Waals surface area contributed by atoms with Crippen LogP contribution < -0.4 is 5.32 Å². The van der Waals surface area contributed by atoms with Gasteiger partial charge in [0.15, 0.2) is 0 Å². The number of benzene rings is 1. The van der Waals surface area contributed by atoms with E-state index < -0.39 is 0 Å². The number of hydrogen-bond donors (Lipinski definition) is 1. The predicted octanol–water partition coefficient (Wildman–Crippen LogP) is 3.77. The molecule has 2 aromatic rings. The molecule has 3 nitrogen and oxygen atoms in total. The molecule has 0 spiro atoms. The van der Waals surface area contributed by atoms with Gasteiger partial charge in [0.2, 0.25) is 5.91 Å². The highest BCUT2D eigenvalue weighted by atomic mass is 35.5. The molecule has 0 radical (unpaired) electrons. The van der Waals surface area contributed by atoms with Crippen molar-refractivity contribution >= 4 is 28.4 Å². The number of carbonyl (C=O) groups is 1. The van der Waals surface area contributed by atoms with E-state index in [0.717, 1.165) is 10.9 Å². The van der Waals surface area contributed by atoms with Crippen LogP contribution in [-0.2, 0) is 4.79 Å². The Morgan fingerprint density at radius 2 is 2.00 bits per heavy atom. The van der Waals surface area contributed by atoms with Crippen LogP contribution in [0.25, 0.3) is 10.9 Å². The molecule has 1 aromatic heterocycles. The molecule has 1 aromatic carbocycles. The molecule has 0 aliphatic heterocycles. The van der Waals surface area contributed by atoms with E-state index in [4.69, 9.17) is 11.6 Å². The molecule has 102 valence electrons. The van der Waals surface area contributed by atoms with E-state index in [1.54, 1.807) is 0 Å². The Kier molecular flexibility index (Phi) is 3.59. The van der Waals surface area contributed by atoms with E-state index in [1.807, 2.05) is 62.7 Å². The Morgan fingerprint density at radius 3 is 2.63 bits per heavy atom. The number of carbonyl (C=O) groups excluding carboxylic acids is 1. The molecule has 1 N–H and O–H groups in total. The standard InChI is InChI=1S/C15H19ClN2O/c1-10(14(19)17-15(2,3)4)18-9-8-11-12(16)6-5-7-13(11)18/h5-10H,1-4H3,(H,17,19). The van der Waals surface area contributed by atoms with E-state index >= 15 is 0 Å². The summed E-state index contributed by atoms with van der Waals surface area (Å²) in [6.45, 7) is 7.81. The third-order valence-electron chi connectivity index (χ3n) is 3.00. The maximum absolute atomic E-state index is 12.2. The number of rotatable bonds is 2. The highest BCUT2D eigenvalue weighted by molar-refractivity contribution is 6.35. The Hall–Kier alpha value is -1.48. The van der Waals surface area contributed by atoms with Crippen molar-refractivity contribution in [2.24, 2.45) is 0 Å². The van der Waals surface area contributed by atoms with Crippen molar-refractivity contribution in [1.29, 1.82) is 0 Å². The number of fused-ring (bicyclic) bond motifs is 1. The third-order valence-corrected chi connectivity index (χ3v) is 3.33. The Balaban J connectivity index is 2.34. The summed E-state index contributed by atoms with van der Waals surface area (Å²) in [5.74, 6) is 0.00461. The van der Waals surface area contributed by atoms with Crippen LogP contribution in [0.5, 0.6) is 0 Å². The summed E-state index contributed by atoms with van der Waals surface area (Å²) in [4.78, 5) is 12.2. The van der Waals surface area contributed by atoms with Crippen LogP contribution in [0.3, 0.4) is 0 Å². The summed E-state index contributed by atoms with van der Waals surface area (Å²) >= 11 is 6.15. The fraction of sp³-hybridized carbons (Fsp3) is 0.400. The summed E-state index contributed by atoms with van der Waals surface area (Å²) in [5.41, 5.74) is 0.746. The van der Waals surface area contributed by atoms with E-state index in [9.17, 15) is 4.79 Å². The van der Waals surface area contributed by atoms with Crippen LogP contribution >= 0.6 is 11.6 Å². The van der Waals surface area contributed by atoms with Gasteiger partial charge in [-0.1, -0.05) is 17.7 Å². The largest absolute Gasteiger partial charge is 0.350 e. The predicted molar refractivity (Wildman–Crippen MR) is 79.6 cm³/mol. The van der Waals surface area contributed by atoms with E-state index in [2.05, 4.69) is 5.32 Å². The minimum Gasteiger partial charge on any atom is -0.350 e. The second kappa shape index (κ2) is 4.89. The third kappa shape index (κ3) is 2.92. The molecule has 0 fully saturated rings. The molecule has 0 aliphatic rings. The van der Waals surface area contributed by atoms with Gasteiger partial charge in [-0.25, -0.2) is 0 Å². The molecule has 0 saturated heterocycles. The molecular weight excluding hydrogens is 260 g/mol. The van der Waals surface area contributed by atoms with Gasteiger partial charge in [0, 0.05) is 22.1 Å². The molecule has 1 atom stereocenters. The molecule has 19 heavy (non-hydrogen) atoms. The lowest BCUT2D eigenvalue weighted by atomic mass is 10.1. The Morgan fingerprint density at radius 1 is 1.32 bits per heavy atom. The van der Waals surface area contributed by atoms with Gasteiger partial charge >= 0.3 is 0 Å². The fourth-order valence-electron chi connectivity index (χ4n) is 2.09. The van der Waals surface area contributed by atoms with Gasteiger partial charge in [-0.2, -0.15) is 0 Å². The van der Waals surface area contributed by atoms with Crippen molar-refractivity contribution in [3.05, 3.63) is 35.5 Å². The lowest BCUT2D eigenvalue weighted by Crippen LogP contribution is -2.43. The topological polar surface area (TPSA) is 34.0 Å². The first kappa shape index (κ1) is 13.9. The Labute approximate surface area is 118 Å². The zero-order valence-electron chi connectivity index (χ0n) is 11.7. The average molecular weight is 279 g/mol. The van der Waals surface area contributed by atoms with Crippen LogP contribution in [0.4, 0.5) is 0 Å². The van der Waals surface area contributed by atoms with Gasteiger partial charge in [0.25, 0.3) is 0 Å². The summed E-state index contributed by atoms with van der Waals surface area (Å²) in [6, 6.07) is 7.40. The average Bonchev–Trinajstić information content (AvgIpc) is 2.71. The maximum Gasteiger partial charge on any atom is 0.243 e. The second-order valence-corrected chi connectivity index (χ2v) is 6.22. The molecule has 0 saturated carbocycles. The van der Waals surface area contributed by atoms with Crippen LogP contribution in [0.1, 0.15) is 33.7 Å². The van der Waals surface area contributed by atoms with Crippen LogP contribution in [0.15, 0.2) is 30.5 Å². The molecular formula is C15H19ClN2O. The van der Waals surface area contributed by atoms with Crippen molar-refractivity contribution in [3.8, 4) is 0 Å². The number of nitrogens with zero attached hydrogens (tertiary/aromatic N) is 1. The van der Waals surface area contributed by atoms with Crippen LogP contribution in [0.2, 0.25) is 5.02 Å². The summed E-state index contributed by atoms with van der Waals surface area (Å²) in [7, 11) is 0. The normalized spacial score (nSPS) is 13.5. The quantitative estimate of drug-likeness (QED) is 0.891. The number of aromatic nitrogens is 1. The minimum absolute atomic E-state index is 0.00461. The first-order chi connectivity index (χ1) is 8.79. The highest BCUT2D eigenvalue weighted by Gasteiger charge is 2.21. The van der Waals surface area contributed by atoms with Crippen molar-refractivity contribution in [3.63, 3.8) is 0 Å². The molecule has 1 amide bonds. The number of nitrogens with one attached hydrogen (secondary N) is 1. The van der Waals surface area contributed by atoms with Crippen molar-refractivity contribution in [2.45, 2.75) is 39.3 Å². The minimum atomic E-state index is -0.268.